The first-order valence-corrected chi connectivity index (χ1v) is 7.56. The lowest BCUT2D eigenvalue weighted by molar-refractivity contribution is 0.586. The Morgan fingerprint density at radius 2 is 1.62 bits per heavy atom. The van der Waals surface area contributed by atoms with E-state index < -0.39 is 14.6 Å². The summed E-state index contributed by atoms with van der Waals surface area (Å²) < 4.78 is 22.9. The van der Waals surface area contributed by atoms with Gasteiger partial charge >= 0.3 is 0 Å². The second-order valence-corrected chi connectivity index (χ2v) is 7.37. The van der Waals surface area contributed by atoms with Gasteiger partial charge in [0, 0.05) is 6.26 Å². The van der Waals surface area contributed by atoms with Crippen LogP contribution in [0.25, 0.3) is 0 Å². The summed E-state index contributed by atoms with van der Waals surface area (Å²) in [6, 6.07) is 8.04. The van der Waals surface area contributed by atoms with Crippen molar-refractivity contribution in [1.29, 1.82) is 0 Å². The van der Waals surface area contributed by atoms with Crippen LogP contribution >= 0.6 is 0 Å². The van der Waals surface area contributed by atoms with E-state index in [9.17, 15) is 8.42 Å². The number of hydrogen-bond acceptors (Lipinski definition) is 2. The second-order valence-electron chi connectivity index (χ2n) is 5.04. The van der Waals surface area contributed by atoms with Crippen molar-refractivity contribution in [2.45, 2.75) is 37.4 Å². The molecule has 1 aromatic carbocycles. The Kier molecular flexibility index (Phi) is 2.61. The second kappa shape index (κ2) is 3.59. The van der Waals surface area contributed by atoms with Crippen molar-refractivity contribution in [3.8, 4) is 0 Å². The summed E-state index contributed by atoms with van der Waals surface area (Å²) in [5.74, 6) is 0.488. The summed E-state index contributed by atoms with van der Waals surface area (Å²) >= 11 is 0. The Balaban J connectivity index is 2.37. The van der Waals surface area contributed by atoms with Crippen molar-refractivity contribution >= 4 is 9.84 Å². The third-order valence-electron chi connectivity index (χ3n) is 3.52. The van der Waals surface area contributed by atoms with Gasteiger partial charge in [0.05, 0.1) is 4.75 Å². The van der Waals surface area contributed by atoms with Crippen molar-refractivity contribution in [3.63, 3.8) is 0 Å². The average molecular weight is 238 g/mol. The Morgan fingerprint density at radius 1 is 1.12 bits per heavy atom. The molecule has 0 amide bonds. The first kappa shape index (κ1) is 11.6. The van der Waals surface area contributed by atoms with Gasteiger partial charge in [-0.15, -0.1) is 0 Å². The lowest BCUT2D eigenvalue weighted by Crippen LogP contribution is -2.19. The molecule has 0 bridgehead atoms. The minimum absolute atomic E-state index is 0.488. The zero-order valence-corrected chi connectivity index (χ0v) is 10.8. The van der Waals surface area contributed by atoms with Gasteiger partial charge < -0.3 is 0 Å². The lowest BCUT2D eigenvalue weighted by atomic mass is 10.0. The van der Waals surface area contributed by atoms with Gasteiger partial charge in [-0.1, -0.05) is 38.1 Å². The maximum atomic E-state index is 11.7. The summed E-state index contributed by atoms with van der Waals surface area (Å²) in [5.41, 5.74) is 2.22. The summed E-state index contributed by atoms with van der Waals surface area (Å²) in [6.07, 6.45) is 2.88. The van der Waals surface area contributed by atoms with Crippen LogP contribution in [0.1, 0.15) is 43.7 Å². The molecule has 0 unspecified atom stereocenters. The molecule has 0 heterocycles. The van der Waals surface area contributed by atoms with Crippen LogP contribution in [0.15, 0.2) is 24.3 Å². The molecular formula is C13H18O2S. The standard InChI is InChI=1S/C13H18O2S/c1-10(2)11-4-6-12(7-5-11)13(8-9-13)16(3,14)15/h4-7,10H,8-9H2,1-3H3. The molecule has 1 aliphatic carbocycles. The van der Waals surface area contributed by atoms with Crippen LogP contribution in [0.5, 0.6) is 0 Å². The molecule has 0 radical (unpaired) electrons. The van der Waals surface area contributed by atoms with E-state index in [0.717, 1.165) is 18.4 Å². The van der Waals surface area contributed by atoms with Gasteiger partial charge in [0.25, 0.3) is 0 Å². The SMILES string of the molecule is CC(C)c1ccc(C2(S(C)(=O)=O)CC2)cc1. The Bertz CT molecular complexity index is 479. The number of hydrogen-bond donors (Lipinski definition) is 0. The Labute approximate surface area is 97.6 Å². The molecule has 0 spiro atoms. The summed E-state index contributed by atoms with van der Waals surface area (Å²) in [6.45, 7) is 4.27. The first-order chi connectivity index (χ1) is 7.37. The fraction of sp³-hybridized carbons (Fsp3) is 0.538. The third kappa shape index (κ3) is 1.77. The molecular weight excluding hydrogens is 220 g/mol. The van der Waals surface area contributed by atoms with Crippen LogP contribution in [-0.4, -0.2) is 14.7 Å². The van der Waals surface area contributed by atoms with E-state index >= 15 is 0 Å². The molecule has 3 heteroatoms. The van der Waals surface area contributed by atoms with Gasteiger partial charge in [-0.05, 0) is 29.9 Å². The van der Waals surface area contributed by atoms with Crippen LogP contribution in [-0.2, 0) is 14.6 Å². The summed E-state index contributed by atoms with van der Waals surface area (Å²) in [7, 11) is -2.98. The van der Waals surface area contributed by atoms with E-state index in [1.54, 1.807) is 0 Å². The van der Waals surface area contributed by atoms with Crippen LogP contribution in [0.3, 0.4) is 0 Å². The van der Waals surface area contributed by atoms with Crippen LogP contribution in [0.4, 0.5) is 0 Å². The molecule has 16 heavy (non-hydrogen) atoms. The minimum Gasteiger partial charge on any atom is -0.228 e. The van der Waals surface area contributed by atoms with E-state index in [2.05, 4.69) is 13.8 Å². The van der Waals surface area contributed by atoms with Crippen LogP contribution in [0.2, 0.25) is 0 Å². The normalized spacial score (nSPS) is 18.8. The molecule has 1 aliphatic rings. The van der Waals surface area contributed by atoms with Gasteiger partial charge in [-0.2, -0.15) is 0 Å². The highest BCUT2D eigenvalue weighted by Gasteiger charge is 2.53. The summed E-state index contributed by atoms with van der Waals surface area (Å²) in [4.78, 5) is 0. The highest BCUT2D eigenvalue weighted by molar-refractivity contribution is 7.92. The molecule has 88 valence electrons. The van der Waals surface area contributed by atoms with Crippen LogP contribution in [0, 0.1) is 0 Å². The molecule has 2 nitrogen and oxygen atoms in total. The molecule has 2 rings (SSSR count). The number of rotatable bonds is 3. The summed E-state index contributed by atoms with van der Waals surface area (Å²) in [5, 5.41) is 0. The first-order valence-electron chi connectivity index (χ1n) is 5.67. The zero-order chi connectivity index (χ0) is 12.0. The fourth-order valence-corrected chi connectivity index (χ4v) is 3.57. The quantitative estimate of drug-likeness (QED) is 0.811. The molecule has 1 saturated carbocycles. The molecule has 1 fully saturated rings. The van der Waals surface area contributed by atoms with E-state index in [1.807, 2.05) is 24.3 Å². The Morgan fingerprint density at radius 3 is 1.94 bits per heavy atom. The predicted molar refractivity (Wildman–Crippen MR) is 66.3 cm³/mol. The van der Waals surface area contributed by atoms with Crippen molar-refractivity contribution in [3.05, 3.63) is 35.4 Å². The van der Waals surface area contributed by atoms with Crippen LogP contribution < -0.4 is 0 Å². The van der Waals surface area contributed by atoms with Gasteiger partial charge in [-0.25, -0.2) is 8.42 Å². The molecule has 0 saturated heterocycles. The monoisotopic (exact) mass is 238 g/mol. The van der Waals surface area contributed by atoms with Gasteiger partial charge in [0.2, 0.25) is 0 Å². The van der Waals surface area contributed by atoms with E-state index in [4.69, 9.17) is 0 Å². The fourth-order valence-electron chi connectivity index (χ4n) is 2.16. The third-order valence-corrected chi connectivity index (χ3v) is 5.58. The van der Waals surface area contributed by atoms with Crippen molar-refractivity contribution in [2.24, 2.45) is 0 Å². The Hall–Kier alpha value is -0.830. The number of benzene rings is 1. The maximum Gasteiger partial charge on any atom is 0.157 e. The average Bonchev–Trinajstić information content (AvgIpc) is 2.97. The molecule has 1 aromatic rings. The molecule has 0 aromatic heterocycles. The highest BCUT2D eigenvalue weighted by atomic mass is 32.2. The largest absolute Gasteiger partial charge is 0.228 e. The molecule has 0 N–H and O–H groups in total. The minimum atomic E-state index is -2.98. The molecule has 0 atom stereocenters. The predicted octanol–water partition coefficient (Wildman–Crippen LogP) is 2.84. The van der Waals surface area contributed by atoms with Gasteiger partial charge in [0.15, 0.2) is 9.84 Å². The number of sulfone groups is 1. The van der Waals surface area contributed by atoms with E-state index in [0.29, 0.717) is 5.92 Å². The van der Waals surface area contributed by atoms with Crippen molar-refractivity contribution in [2.75, 3.05) is 6.26 Å². The van der Waals surface area contributed by atoms with Gasteiger partial charge in [-0.3, -0.25) is 0 Å². The smallest absolute Gasteiger partial charge is 0.157 e. The van der Waals surface area contributed by atoms with E-state index in [1.165, 1.54) is 11.8 Å². The zero-order valence-electron chi connectivity index (χ0n) is 10.0. The van der Waals surface area contributed by atoms with E-state index in [-0.39, 0.29) is 0 Å². The lowest BCUT2D eigenvalue weighted by Gasteiger charge is -2.14. The topological polar surface area (TPSA) is 34.1 Å². The highest BCUT2D eigenvalue weighted by Crippen LogP contribution is 2.52. The molecule has 0 aliphatic heterocycles. The van der Waals surface area contributed by atoms with Crippen molar-refractivity contribution in [1.82, 2.24) is 0 Å². The van der Waals surface area contributed by atoms with Gasteiger partial charge in [0.1, 0.15) is 0 Å². The maximum absolute atomic E-state index is 11.7. The van der Waals surface area contributed by atoms with Crippen molar-refractivity contribution < 1.29 is 8.42 Å².